The van der Waals surface area contributed by atoms with E-state index in [4.69, 9.17) is 16.2 Å². The summed E-state index contributed by atoms with van der Waals surface area (Å²) in [5, 5.41) is 16.7. The number of likely N-dealkylation sites (tertiary alicyclic amines) is 1. The summed E-state index contributed by atoms with van der Waals surface area (Å²) in [6.07, 6.45) is -2.38. The SMILES string of the molecule is N=C1C(=C(N)C(F)(F)F)CCN1C1CCC(CC(=O)O)C1. The molecule has 5 nitrogen and oxygen atoms in total. The first-order valence-corrected chi connectivity index (χ1v) is 6.83. The van der Waals surface area contributed by atoms with Gasteiger partial charge in [-0.1, -0.05) is 0 Å². The standard InChI is InChI=1S/C13H18F3N3O2/c14-13(15,16)11(17)9-3-4-19(12(9)18)8-2-1-7(5-8)6-10(20)21/h7-8,18H,1-6,17H2,(H,20,21). The minimum absolute atomic E-state index is 0.0355. The van der Waals surface area contributed by atoms with E-state index >= 15 is 0 Å². The Morgan fingerprint density at radius 3 is 2.67 bits per heavy atom. The molecule has 2 unspecified atom stereocenters. The Hall–Kier alpha value is -1.73. The van der Waals surface area contributed by atoms with Crippen LogP contribution < -0.4 is 5.73 Å². The van der Waals surface area contributed by atoms with E-state index in [1.54, 1.807) is 4.90 Å². The molecule has 2 aliphatic rings. The van der Waals surface area contributed by atoms with Crippen molar-refractivity contribution in [1.29, 1.82) is 5.41 Å². The van der Waals surface area contributed by atoms with Gasteiger partial charge in [0.05, 0.1) is 0 Å². The first-order chi connectivity index (χ1) is 9.70. The minimum atomic E-state index is -4.61. The monoisotopic (exact) mass is 305 g/mol. The number of halogens is 3. The molecule has 1 saturated carbocycles. The first kappa shape index (κ1) is 15.7. The third-order valence-electron chi connectivity index (χ3n) is 4.22. The van der Waals surface area contributed by atoms with Crippen LogP contribution in [0.5, 0.6) is 0 Å². The topological polar surface area (TPSA) is 90.4 Å². The number of alkyl halides is 3. The van der Waals surface area contributed by atoms with Crippen molar-refractivity contribution in [3.8, 4) is 0 Å². The number of carboxylic acids is 1. The fourth-order valence-corrected chi connectivity index (χ4v) is 3.20. The highest BCUT2D eigenvalue weighted by Crippen LogP contribution is 2.36. The molecule has 4 N–H and O–H groups in total. The van der Waals surface area contributed by atoms with E-state index in [2.05, 4.69) is 0 Å². The number of nitrogens with one attached hydrogen (secondary N) is 1. The van der Waals surface area contributed by atoms with Crippen LogP contribution in [0.25, 0.3) is 0 Å². The molecular formula is C13H18F3N3O2. The van der Waals surface area contributed by atoms with Gasteiger partial charge >= 0.3 is 12.1 Å². The average Bonchev–Trinajstić information content (AvgIpc) is 2.93. The third-order valence-corrected chi connectivity index (χ3v) is 4.22. The molecule has 1 saturated heterocycles. The first-order valence-electron chi connectivity index (χ1n) is 6.83. The van der Waals surface area contributed by atoms with Crippen LogP contribution >= 0.6 is 0 Å². The maximum Gasteiger partial charge on any atom is 0.431 e. The number of hydrogen-bond donors (Lipinski definition) is 3. The minimum Gasteiger partial charge on any atom is -0.481 e. The quantitative estimate of drug-likeness (QED) is 0.744. The van der Waals surface area contributed by atoms with Crippen molar-refractivity contribution in [2.75, 3.05) is 6.54 Å². The molecule has 2 fully saturated rings. The maximum absolute atomic E-state index is 12.6. The highest BCUT2D eigenvalue weighted by Gasteiger charge is 2.41. The zero-order chi connectivity index (χ0) is 15.8. The fraction of sp³-hybridized carbons (Fsp3) is 0.692. The predicted molar refractivity (Wildman–Crippen MR) is 69.7 cm³/mol. The lowest BCUT2D eigenvalue weighted by molar-refractivity contribution is -0.138. The molecule has 0 amide bonds. The molecule has 0 bridgehead atoms. The summed E-state index contributed by atoms with van der Waals surface area (Å²) in [6.45, 7) is 0.343. The van der Waals surface area contributed by atoms with E-state index in [1.165, 1.54) is 0 Å². The molecule has 2 atom stereocenters. The number of nitrogens with zero attached hydrogens (tertiary/aromatic N) is 1. The van der Waals surface area contributed by atoms with Crippen molar-refractivity contribution in [2.45, 2.75) is 44.3 Å². The van der Waals surface area contributed by atoms with Crippen molar-refractivity contribution in [2.24, 2.45) is 11.7 Å². The summed E-state index contributed by atoms with van der Waals surface area (Å²) in [5.74, 6) is -0.988. The number of rotatable bonds is 3. The lowest BCUT2D eigenvalue weighted by atomic mass is 10.0. The van der Waals surface area contributed by atoms with E-state index < -0.39 is 17.8 Å². The number of carboxylic acid groups (broad SMARTS) is 1. The second kappa shape index (κ2) is 5.57. The van der Waals surface area contributed by atoms with Crippen molar-refractivity contribution in [3.63, 3.8) is 0 Å². The zero-order valence-electron chi connectivity index (χ0n) is 11.4. The number of carbonyl (C=O) groups is 1. The van der Waals surface area contributed by atoms with Gasteiger partial charge in [0.2, 0.25) is 0 Å². The van der Waals surface area contributed by atoms with Gasteiger partial charge in [0.25, 0.3) is 0 Å². The van der Waals surface area contributed by atoms with E-state index in [0.717, 1.165) is 6.42 Å². The Kier molecular flexibility index (Phi) is 4.15. The summed E-state index contributed by atoms with van der Waals surface area (Å²) in [7, 11) is 0. The molecule has 0 aromatic heterocycles. The molecular weight excluding hydrogens is 287 g/mol. The lowest BCUT2D eigenvalue weighted by Gasteiger charge is -2.26. The van der Waals surface area contributed by atoms with Crippen LogP contribution in [0.1, 0.15) is 32.1 Å². The number of nitrogens with two attached hydrogens (primary N) is 1. The second-order valence-electron chi connectivity index (χ2n) is 5.61. The van der Waals surface area contributed by atoms with Crippen LogP contribution in [-0.2, 0) is 4.79 Å². The molecule has 8 heteroatoms. The molecule has 1 heterocycles. The Morgan fingerprint density at radius 1 is 1.43 bits per heavy atom. The van der Waals surface area contributed by atoms with Gasteiger partial charge in [0.15, 0.2) is 0 Å². The van der Waals surface area contributed by atoms with Crippen molar-refractivity contribution >= 4 is 11.8 Å². The second-order valence-corrected chi connectivity index (χ2v) is 5.61. The molecule has 1 aliphatic carbocycles. The summed E-state index contributed by atoms with van der Waals surface area (Å²) in [4.78, 5) is 12.3. The van der Waals surface area contributed by atoms with Crippen LogP contribution in [0.2, 0.25) is 0 Å². The largest absolute Gasteiger partial charge is 0.481 e. The Morgan fingerprint density at radius 2 is 2.10 bits per heavy atom. The van der Waals surface area contributed by atoms with Crippen LogP contribution in [0, 0.1) is 11.3 Å². The molecule has 118 valence electrons. The fourth-order valence-electron chi connectivity index (χ4n) is 3.20. The van der Waals surface area contributed by atoms with E-state index in [1.807, 2.05) is 0 Å². The Balaban J connectivity index is 2.05. The molecule has 21 heavy (non-hydrogen) atoms. The summed E-state index contributed by atoms with van der Waals surface area (Å²) in [5.41, 5.74) is 3.78. The summed E-state index contributed by atoms with van der Waals surface area (Å²) in [6, 6.07) is -0.0552. The van der Waals surface area contributed by atoms with Crippen molar-refractivity contribution in [1.82, 2.24) is 4.90 Å². The summed E-state index contributed by atoms with van der Waals surface area (Å²) < 4.78 is 37.9. The molecule has 2 rings (SSSR count). The Labute approximate surface area is 120 Å². The normalized spacial score (nSPS) is 29.1. The number of allylic oxidation sites excluding steroid dienone is 1. The van der Waals surface area contributed by atoms with Crippen molar-refractivity contribution in [3.05, 3.63) is 11.3 Å². The summed E-state index contributed by atoms with van der Waals surface area (Å²) >= 11 is 0. The third kappa shape index (κ3) is 3.30. The van der Waals surface area contributed by atoms with Crippen molar-refractivity contribution < 1.29 is 23.1 Å². The lowest BCUT2D eigenvalue weighted by Crippen LogP contribution is -2.35. The van der Waals surface area contributed by atoms with Gasteiger partial charge in [-0.25, -0.2) is 0 Å². The number of hydrogen-bond acceptors (Lipinski definition) is 3. The molecule has 0 aromatic rings. The molecule has 0 aromatic carbocycles. The van der Waals surface area contributed by atoms with E-state index in [0.29, 0.717) is 19.4 Å². The Bertz CT molecular complexity index is 488. The molecule has 1 aliphatic heterocycles. The van der Waals surface area contributed by atoms with E-state index in [-0.39, 0.29) is 36.2 Å². The number of aliphatic carboxylic acids is 1. The van der Waals surface area contributed by atoms with Gasteiger partial charge in [-0.05, 0) is 31.6 Å². The average molecular weight is 305 g/mol. The van der Waals surface area contributed by atoms with Crippen LogP contribution in [0.4, 0.5) is 13.2 Å². The van der Waals surface area contributed by atoms with Gasteiger partial charge in [0.1, 0.15) is 11.5 Å². The predicted octanol–water partition coefficient (Wildman–Crippen LogP) is 2.09. The highest BCUT2D eigenvalue weighted by molar-refractivity contribution is 5.99. The van der Waals surface area contributed by atoms with Gasteiger partial charge in [-0.15, -0.1) is 0 Å². The van der Waals surface area contributed by atoms with Gasteiger partial charge in [-0.2, -0.15) is 13.2 Å². The molecule has 0 radical (unpaired) electrons. The maximum atomic E-state index is 12.6. The van der Waals surface area contributed by atoms with Gasteiger partial charge < -0.3 is 15.7 Å². The van der Waals surface area contributed by atoms with Crippen LogP contribution in [-0.4, -0.2) is 40.6 Å². The zero-order valence-corrected chi connectivity index (χ0v) is 11.4. The smallest absolute Gasteiger partial charge is 0.431 e. The van der Waals surface area contributed by atoms with E-state index in [9.17, 15) is 18.0 Å². The number of amidine groups is 1. The highest BCUT2D eigenvalue weighted by atomic mass is 19.4. The van der Waals surface area contributed by atoms with Crippen LogP contribution in [0.15, 0.2) is 11.3 Å². The van der Waals surface area contributed by atoms with Crippen LogP contribution in [0.3, 0.4) is 0 Å². The van der Waals surface area contributed by atoms with Gasteiger partial charge in [0, 0.05) is 24.6 Å². The molecule has 0 spiro atoms. The van der Waals surface area contributed by atoms with Gasteiger partial charge in [-0.3, -0.25) is 10.2 Å².